The van der Waals surface area contributed by atoms with Crippen LogP contribution in [-0.2, 0) is 12.8 Å². The number of aryl methyl sites for hydroxylation is 2. The van der Waals surface area contributed by atoms with Crippen LogP contribution in [0.15, 0.2) is 36.4 Å². The van der Waals surface area contributed by atoms with Crippen LogP contribution in [0.1, 0.15) is 29.7 Å². The third-order valence-electron chi connectivity index (χ3n) is 4.66. The van der Waals surface area contributed by atoms with E-state index in [1.807, 2.05) is 24.3 Å². The highest BCUT2D eigenvalue weighted by Crippen LogP contribution is 2.36. The first kappa shape index (κ1) is 15.4. The van der Waals surface area contributed by atoms with Crippen molar-refractivity contribution in [1.82, 2.24) is 4.98 Å². The molecule has 0 aliphatic heterocycles. The van der Waals surface area contributed by atoms with Gasteiger partial charge in [-0.25, -0.2) is 4.39 Å². The number of hydrogen-bond acceptors (Lipinski definition) is 2. The second-order valence-electron chi connectivity index (χ2n) is 6.37. The highest BCUT2D eigenvalue weighted by Gasteiger charge is 2.18. The van der Waals surface area contributed by atoms with Crippen molar-refractivity contribution in [1.29, 1.82) is 0 Å². The second-order valence-corrected chi connectivity index (χ2v) is 6.81. The number of fused-ring (bicyclic) bond motifs is 2. The molecule has 24 heavy (non-hydrogen) atoms. The molecule has 1 aliphatic rings. The van der Waals surface area contributed by atoms with Crippen molar-refractivity contribution >= 4 is 33.9 Å². The van der Waals surface area contributed by atoms with Gasteiger partial charge in [-0.05, 0) is 74.1 Å². The van der Waals surface area contributed by atoms with Crippen molar-refractivity contribution in [3.05, 3.63) is 64.1 Å². The summed E-state index contributed by atoms with van der Waals surface area (Å²) in [6, 6.07) is 11.0. The van der Waals surface area contributed by atoms with Gasteiger partial charge in [0.1, 0.15) is 5.82 Å². The molecule has 1 aromatic heterocycles. The van der Waals surface area contributed by atoms with Gasteiger partial charge >= 0.3 is 0 Å². The highest BCUT2D eigenvalue weighted by atomic mass is 35.5. The van der Waals surface area contributed by atoms with E-state index in [4.69, 9.17) is 16.6 Å². The molecule has 2 nitrogen and oxygen atoms in total. The van der Waals surface area contributed by atoms with Gasteiger partial charge in [-0.15, -0.1) is 0 Å². The minimum Gasteiger partial charge on any atom is -0.355 e. The molecular formula is C20H18ClFN2. The van der Waals surface area contributed by atoms with Crippen molar-refractivity contribution in [3.63, 3.8) is 0 Å². The Bertz CT molecular complexity index is 937. The van der Waals surface area contributed by atoms with Gasteiger partial charge < -0.3 is 5.32 Å². The molecule has 0 saturated heterocycles. The van der Waals surface area contributed by atoms with Crippen LogP contribution in [0.4, 0.5) is 15.8 Å². The predicted octanol–water partition coefficient (Wildman–Crippen LogP) is 5.96. The van der Waals surface area contributed by atoms with E-state index < -0.39 is 0 Å². The van der Waals surface area contributed by atoms with Crippen LogP contribution < -0.4 is 5.32 Å². The highest BCUT2D eigenvalue weighted by molar-refractivity contribution is 6.31. The molecule has 0 atom stereocenters. The van der Waals surface area contributed by atoms with E-state index in [1.165, 1.54) is 5.56 Å². The van der Waals surface area contributed by atoms with Crippen molar-refractivity contribution in [2.75, 3.05) is 5.32 Å². The van der Waals surface area contributed by atoms with Gasteiger partial charge in [0.05, 0.1) is 11.2 Å². The molecule has 3 aromatic rings. The van der Waals surface area contributed by atoms with Gasteiger partial charge in [0.25, 0.3) is 0 Å². The van der Waals surface area contributed by atoms with Gasteiger partial charge in [0.2, 0.25) is 0 Å². The molecule has 0 unspecified atom stereocenters. The van der Waals surface area contributed by atoms with Gasteiger partial charge in [-0.3, -0.25) is 4.98 Å². The zero-order valence-corrected chi connectivity index (χ0v) is 14.3. The van der Waals surface area contributed by atoms with E-state index in [0.29, 0.717) is 10.6 Å². The summed E-state index contributed by atoms with van der Waals surface area (Å²) in [6.07, 6.45) is 4.29. The van der Waals surface area contributed by atoms with Crippen molar-refractivity contribution in [2.24, 2.45) is 0 Å². The first-order valence-corrected chi connectivity index (χ1v) is 8.64. The topological polar surface area (TPSA) is 24.9 Å². The molecule has 0 fully saturated rings. The Morgan fingerprint density at radius 3 is 2.75 bits per heavy atom. The largest absolute Gasteiger partial charge is 0.355 e. The number of benzene rings is 2. The zero-order chi connectivity index (χ0) is 16.7. The molecule has 2 aromatic carbocycles. The van der Waals surface area contributed by atoms with Crippen LogP contribution in [0, 0.1) is 12.7 Å². The number of pyridine rings is 1. The molecule has 4 heteroatoms. The molecule has 1 aliphatic carbocycles. The van der Waals surface area contributed by atoms with Crippen LogP contribution in [0.25, 0.3) is 10.9 Å². The normalized spacial score (nSPS) is 13.8. The molecule has 1 heterocycles. The van der Waals surface area contributed by atoms with E-state index in [1.54, 1.807) is 19.1 Å². The van der Waals surface area contributed by atoms with E-state index in [9.17, 15) is 4.39 Å². The van der Waals surface area contributed by atoms with Crippen LogP contribution in [0.3, 0.4) is 0 Å². The molecule has 0 bridgehead atoms. The molecule has 4 rings (SSSR count). The molecule has 0 radical (unpaired) electrons. The summed E-state index contributed by atoms with van der Waals surface area (Å²) >= 11 is 6.21. The lowest BCUT2D eigenvalue weighted by atomic mass is 9.92. The monoisotopic (exact) mass is 340 g/mol. The number of aromatic nitrogens is 1. The lowest BCUT2D eigenvalue weighted by molar-refractivity contribution is 0.619. The van der Waals surface area contributed by atoms with Gasteiger partial charge in [-0.2, -0.15) is 0 Å². The number of anilines is 2. The van der Waals surface area contributed by atoms with E-state index in [0.717, 1.165) is 53.7 Å². The predicted molar refractivity (Wildman–Crippen MR) is 97.8 cm³/mol. The summed E-state index contributed by atoms with van der Waals surface area (Å²) in [6.45, 7) is 1.77. The number of hydrogen-bond donors (Lipinski definition) is 1. The van der Waals surface area contributed by atoms with Crippen LogP contribution in [0.2, 0.25) is 5.02 Å². The number of nitrogens with one attached hydrogen (secondary N) is 1. The Hall–Kier alpha value is -2.13. The fourth-order valence-electron chi connectivity index (χ4n) is 3.35. The number of nitrogens with zero attached hydrogens (tertiary/aromatic N) is 1. The third-order valence-corrected chi connectivity index (χ3v) is 4.90. The smallest absolute Gasteiger partial charge is 0.128 e. The first-order chi connectivity index (χ1) is 11.6. The van der Waals surface area contributed by atoms with Crippen LogP contribution in [-0.4, -0.2) is 4.98 Å². The third kappa shape index (κ3) is 2.73. The fraction of sp³-hybridized carbons (Fsp3) is 0.250. The van der Waals surface area contributed by atoms with Crippen molar-refractivity contribution in [2.45, 2.75) is 32.6 Å². The Morgan fingerprint density at radius 2 is 1.92 bits per heavy atom. The van der Waals surface area contributed by atoms with Gasteiger partial charge in [0, 0.05) is 21.8 Å². The summed E-state index contributed by atoms with van der Waals surface area (Å²) in [4.78, 5) is 4.82. The number of rotatable bonds is 2. The average molecular weight is 341 g/mol. The average Bonchev–Trinajstić information content (AvgIpc) is 2.58. The van der Waals surface area contributed by atoms with E-state index in [-0.39, 0.29) is 5.82 Å². The minimum absolute atomic E-state index is 0.203. The summed E-state index contributed by atoms with van der Waals surface area (Å²) < 4.78 is 13.9. The quantitative estimate of drug-likeness (QED) is 0.622. The fourth-order valence-corrected chi connectivity index (χ4v) is 3.53. The molecule has 1 N–H and O–H groups in total. The Labute approximate surface area is 145 Å². The molecule has 122 valence electrons. The van der Waals surface area contributed by atoms with Gasteiger partial charge in [-0.1, -0.05) is 17.7 Å². The maximum atomic E-state index is 13.9. The Kier molecular flexibility index (Phi) is 3.89. The maximum Gasteiger partial charge on any atom is 0.128 e. The standard InChI is InChI=1S/C20H18ClFN2/c1-12-6-8-14(11-17(12)22)23-20-15-4-2-3-5-18(15)24-19-9-7-13(21)10-16(19)20/h6-11H,2-5H2,1H3,(H,23,24). The van der Waals surface area contributed by atoms with Crippen LogP contribution in [0.5, 0.6) is 0 Å². The molecule has 0 saturated carbocycles. The van der Waals surface area contributed by atoms with Crippen molar-refractivity contribution in [3.8, 4) is 0 Å². The Morgan fingerprint density at radius 1 is 1.08 bits per heavy atom. The summed E-state index contributed by atoms with van der Waals surface area (Å²) in [7, 11) is 0. The second kappa shape index (κ2) is 6.06. The van der Waals surface area contributed by atoms with Crippen molar-refractivity contribution < 1.29 is 4.39 Å². The van der Waals surface area contributed by atoms with Crippen LogP contribution >= 0.6 is 11.6 Å². The lowest BCUT2D eigenvalue weighted by Gasteiger charge is -2.22. The minimum atomic E-state index is -0.203. The summed E-state index contributed by atoms with van der Waals surface area (Å²) in [5.41, 5.74) is 5.71. The summed E-state index contributed by atoms with van der Waals surface area (Å²) in [5.74, 6) is -0.203. The van der Waals surface area contributed by atoms with E-state index in [2.05, 4.69) is 5.32 Å². The zero-order valence-electron chi connectivity index (χ0n) is 13.5. The van der Waals surface area contributed by atoms with Gasteiger partial charge in [0.15, 0.2) is 0 Å². The number of halogens is 2. The molecule has 0 amide bonds. The SMILES string of the molecule is Cc1ccc(Nc2c3c(nc4ccc(Cl)cc24)CCCC3)cc1F. The summed E-state index contributed by atoms with van der Waals surface area (Å²) in [5, 5.41) is 5.10. The maximum absolute atomic E-state index is 13.9. The molecule has 0 spiro atoms. The Balaban J connectivity index is 1.91. The first-order valence-electron chi connectivity index (χ1n) is 8.26. The van der Waals surface area contributed by atoms with E-state index >= 15 is 0 Å². The molecular weight excluding hydrogens is 323 g/mol. The lowest BCUT2D eigenvalue weighted by Crippen LogP contribution is -2.09.